The monoisotopic (exact) mass is 372 g/mol. The average molecular weight is 373 g/mol. The normalized spacial score (nSPS) is 16.6. The number of aliphatic hydroxyl groups excluding tert-OH is 2. The maximum absolute atomic E-state index is 9.22. The quantitative estimate of drug-likeness (QED) is 0.298. The number of hydrogen-bond donors (Lipinski definition) is 2. The lowest BCUT2D eigenvalue weighted by atomic mass is 9.91. The Kier molecular flexibility index (Phi) is 16.9. The molecule has 0 bridgehead atoms. The van der Waals surface area contributed by atoms with Crippen molar-refractivity contribution in [2.75, 3.05) is 19.8 Å². The molecule has 0 aliphatic heterocycles. The average Bonchev–Trinajstić information content (AvgIpc) is 2.58. The van der Waals surface area contributed by atoms with E-state index in [0.29, 0.717) is 12.5 Å². The van der Waals surface area contributed by atoms with Crippen molar-refractivity contribution < 1.29 is 14.9 Å². The van der Waals surface area contributed by atoms with Gasteiger partial charge in [-0.3, -0.25) is 0 Å². The highest BCUT2D eigenvalue weighted by Crippen LogP contribution is 2.22. The molecule has 0 aromatic carbocycles. The Labute approximate surface area is 163 Å². The molecule has 3 nitrogen and oxygen atoms in total. The van der Waals surface area contributed by atoms with E-state index in [1.165, 1.54) is 57.8 Å². The molecule has 0 aliphatic rings. The minimum atomic E-state index is -0.732. The summed E-state index contributed by atoms with van der Waals surface area (Å²) in [5, 5.41) is 18.0. The minimum absolute atomic E-state index is 0.218. The Morgan fingerprint density at radius 3 is 1.50 bits per heavy atom. The molecule has 0 radical (unpaired) electrons. The Balaban J connectivity index is 3.51. The molecule has 26 heavy (non-hydrogen) atoms. The predicted molar refractivity (Wildman–Crippen MR) is 112 cm³/mol. The molecule has 0 saturated heterocycles. The molecule has 0 aliphatic carbocycles. The third-order valence-corrected chi connectivity index (χ3v) is 5.54. The number of aliphatic hydroxyl groups is 2. The van der Waals surface area contributed by atoms with E-state index in [4.69, 9.17) is 9.84 Å². The van der Waals surface area contributed by atoms with Gasteiger partial charge in [0.25, 0.3) is 0 Å². The van der Waals surface area contributed by atoms with Crippen LogP contribution in [0.25, 0.3) is 0 Å². The fourth-order valence-corrected chi connectivity index (χ4v) is 3.49. The summed E-state index contributed by atoms with van der Waals surface area (Å²) in [7, 11) is 0. The summed E-state index contributed by atoms with van der Waals surface area (Å²) < 4.78 is 5.39. The maximum atomic E-state index is 9.22. The molecule has 0 amide bonds. The van der Waals surface area contributed by atoms with Gasteiger partial charge in [-0.1, -0.05) is 92.4 Å². The predicted octanol–water partition coefficient (Wildman–Crippen LogP) is 5.82. The highest BCUT2D eigenvalue weighted by atomic mass is 16.5. The van der Waals surface area contributed by atoms with Crippen molar-refractivity contribution in [2.45, 2.75) is 105 Å². The van der Waals surface area contributed by atoms with Crippen LogP contribution in [0.5, 0.6) is 0 Å². The molecular weight excluding hydrogens is 324 g/mol. The zero-order valence-electron chi connectivity index (χ0n) is 18.4. The van der Waals surface area contributed by atoms with Gasteiger partial charge in [0, 0.05) is 6.61 Å². The van der Waals surface area contributed by atoms with E-state index in [9.17, 15) is 5.11 Å². The summed E-state index contributed by atoms with van der Waals surface area (Å²) in [6, 6.07) is 0. The van der Waals surface area contributed by atoms with Gasteiger partial charge in [-0.05, 0) is 30.1 Å². The van der Waals surface area contributed by atoms with Crippen LogP contribution in [0.2, 0.25) is 0 Å². The van der Waals surface area contributed by atoms with E-state index in [1.54, 1.807) is 0 Å². The van der Waals surface area contributed by atoms with Crippen molar-refractivity contribution in [3.8, 4) is 0 Å². The van der Waals surface area contributed by atoms with Crippen molar-refractivity contribution in [3.63, 3.8) is 0 Å². The van der Waals surface area contributed by atoms with E-state index in [0.717, 1.165) is 24.2 Å². The topological polar surface area (TPSA) is 49.7 Å². The largest absolute Gasteiger partial charge is 0.394 e. The lowest BCUT2D eigenvalue weighted by Crippen LogP contribution is -2.20. The third-order valence-electron chi connectivity index (χ3n) is 5.54. The van der Waals surface area contributed by atoms with Crippen LogP contribution in [0.3, 0.4) is 0 Å². The maximum Gasteiger partial charge on any atom is 0.100 e. The Morgan fingerprint density at radius 1 is 0.654 bits per heavy atom. The fourth-order valence-electron chi connectivity index (χ4n) is 3.49. The number of hydrogen-bond acceptors (Lipinski definition) is 3. The lowest BCUT2D eigenvalue weighted by Gasteiger charge is -2.16. The van der Waals surface area contributed by atoms with Gasteiger partial charge in [0.05, 0.1) is 13.2 Å². The highest BCUT2D eigenvalue weighted by Gasteiger charge is 2.08. The summed E-state index contributed by atoms with van der Waals surface area (Å²) in [4.78, 5) is 0. The Bertz CT molecular complexity index is 293. The van der Waals surface area contributed by atoms with Crippen LogP contribution in [-0.2, 0) is 4.74 Å². The zero-order valence-corrected chi connectivity index (χ0v) is 18.4. The number of ether oxygens (including phenoxy) is 1. The van der Waals surface area contributed by atoms with Crippen LogP contribution in [0.4, 0.5) is 0 Å². The second kappa shape index (κ2) is 17.0. The third kappa shape index (κ3) is 17.3. The molecule has 158 valence electrons. The van der Waals surface area contributed by atoms with Crippen LogP contribution in [0, 0.1) is 23.7 Å². The van der Waals surface area contributed by atoms with Crippen LogP contribution < -0.4 is 0 Å². The molecule has 2 N–H and O–H groups in total. The lowest BCUT2D eigenvalue weighted by molar-refractivity contribution is 0.00294. The first-order chi connectivity index (χ1) is 12.3. The van der Waals surface area contributed by atoms with Gasteiger partial charge in [0.2, 0.25) is 0 Å². The van der Waals surface area contributed by atoms with E-state index >= 15 is 0 Å². The van der Waals surface area contributed by atoms with E-state index in [1.807, 2.05) is 0 Å². The molecule has 0 aromatic heterocycles. The molecular formula is C23H48O3. The Morgan fingerprint density at radius 2 is 1.08 bits per heavy atom. The molecule has 0 spiro atoms. The molecule has 0 saturated carbocycles. The van der Waals surface area contributed by atoms with Crippen LogP contribution in [0.15, 0.2) is 0 Å². The van der Waals surface area contributed by atoms with Gasteiger partial charge in [0.1, 0.15) is 6.10 Å². The van der Waals surface area contributed by atoms with Gasteiger partial charge >= 0.3 is 0 Å². The van der Waals surface area contributed by atoms with E-state index in [-0.39, 0.29) is 13.2 Å². The summed E-state index contributed by atoms with van der Waals surface area (Å²) >= 11 is 0. The summed E-state index contributed by atoms with van der Waals surface area (Å²) in [5.41, 5.74) is 0. The van der Waals surface area contributed by atoms with Crippen molar-refractivity contribution >= 4 is 0 Å². The first-order valence-corrected chi connectivity index (χ1v) is 11.2. The zero-order chi connectivity index (χ0) is 19.8. The van der Waals surface area contributed by atoms with E-state index in [2.05, 4.69) is 34.6 Å². The smallest absolute Gasteiger partial charge is 0.100 e. The molecule has 0 fully saturated rings. The summed E-state index contributed by atoms with van der Waals surface area (Å²) in [6.45, 7) is 12.5. The molecule has 3 heteroatoms. The molecule has 4 atom stereocenters. The van der Waals surface area contributed by atoms with Crippen molar-refractivity contribution in [3.05, 3.63) is 0 Å². The van der Waals surface area contributed by atoms with Crippen LogP contribution in [0.1, 0.15) is 98.8 Å². The van der Waals surface area contributed by atoms with Gasteiger partial charge in [0.15, 0.2) is 0 Å². The van der Waals surface area contributed by atoms with Crippen molar-refractivity contribution in [1.82, 2.24) is 0 Å². The SMILES string of the molecule is CC(C)CCC[C@@H](C)CCC[C@@H](C)CCC[C@H](C)CCOC[C@H](O)CO. The van der Waals surface area contributed by atoms with Crippen molar-refractivity contribution in [2.24, 2.45) is 23.7 Å². The molecule has 0 aromatic rings. The first-order valence-electron chi connectivity index (χ1n) is 11.2. The van der Waals surface area contributed by atoms with Gasteiger partial charge in [-0.2, -0.15) is 0 Å². The Hall–Kier alpha value is -0.120. The van der Waals surface area contributed by atoms with Gasteiger partial charge in [-0.25, -0.2) is 0 Å². The first kappa shape index (κ1) is 25.9. The highest BCUT2D eigenvalue weighted by molar-refractivity contribution is 4.61. The van der Waals surface area contributed by atoms with Gasteiger partial charge < -0.3 is 14.9 Å². The van der Waals surface area contributed by atoms with Gasteiger partial charge in [-0.15, -0.1) is 0 Å². The molecule has 0 unspecified atom stereocenters. The second-order valence-electron chi connectivity index (χ2n) is 9.20. The second-order valence-corrected chi connectivity index (χ2v) is 9.20. The van der Waals surface area contributed by atoms with Crippen LogP contribution in [-0.4, -0.2) is 36.1 Å². The van der Waals surface area contributed by atoms with Crippen LogP contribution >= 0.6 is 0 Å². The summed E-state index contributed by atoms with van der Waals surface area (Å²) in [6.07, 6.45) is 12.6. The fraction of sp³-hybridized carbons (Fsp3) is 1.00. The molecule has 0 rings (SSSR count). The minimum Gasteiger partial charge on any atom is -0.394 e. The standard InChI is InChI=1S/C23H48O3/c1-19(2)9-6-10-20(3)11-7-12-21(4)13-8-14-22(5)15-16-26-18-23(25)17-24/h19-25H,6-18H2,1-5H3/t20-,21-,22+,23-/m1/s1. The van der Waals surface area contributed by atoms with E-state index < -0.39 is 6.10 Å². The number of rotatable bonds is 18. The molecule has 0 heterocycles. The summed E-state index contributed by atoms with van der Waals surface area (Å²) in [5.74, 6) is 3.27. The van der Waals surface area contributed by atoms with Crippen molar-refractivity contribution in [1.29, 1.82) is 0 Å².